The number of ether oxygens (including phenoxy) is 3. The zero-order valence-electron chi connectivity index (χ0n) is 15.2. The number of hydrogen-bond acceptors (Lipinski definition) is 7. The average Bonchev–Trinajstić information content (AvgIpc) is 3.20. The molecule has 0 aliphatic rings. The van der Waals surface area contributed by atoms with Crippen molar-refractivity contribution in [2.45, 2.75) is 0 Å². The van der Waals surface area contributed by atoms with E-state index in [1.54, 1.807) is 49.6 Å². The highest BCUT2D eigenvalue weighted by molar-refractivity contribution is 5.90. The monoisotopic (exact) mass is 379 g/mol. The number of hydrogen-bond donors (Lipinski definition) is 2. The van der Waals surface area contributed by atoms with Gasteiger partial charge in [-0.2, -0.15) is 10.2 Å². The summed E-state index contributed by atoms with van der Waals surface area (Å²) in [5.41, 5.74) is 1.06. The Morgan fingerprint density at radius 1 is 1.14 bits per heavy atom. The Hall–Kier alpha value is -4.06. The molecule has 1 amide bonds. The standard InChI is InChI=1S/C19H17N5O4/c1-26-15-8-7-12(9-16(15)27-2)18-22-19(24-23-18)21-17(25)11-28-14-6-4-3-5-13(14)10-20/h3-9H,11H2,1-2H3,(H2,21,22,23,24,25). The van der Waals surface area contributed by atoms with Gasteiger partial charge in [0.2, 0.25) is 5.95 Å². The molecule has 3 rings (SSSR count). The Morgan fingerprint density at radius 3 is 2.68 bits per heavy atom. The van der Waals surface area contributed by atoms with Gasteiger partial charge in [-0.05, 0) is 30.3 Å². The van der Waals surface area contributed by atoms with E-state index in [0.29, 0.717) is 34.2 Å². The number of benzene rings is 2. The number of carbonyl (C=O) groups excluding carboxylic acids is 1. The Balaban J connectivity index is 1.64. The summed E-state index contributed by atoms with van der Waals surface area (Å²) in [6.45, 7) is -0.279. The summed E-state index contributed by atoms with van der Waals surface area (Å²) in [5, 5.41) is 18.3. The molecule has 0 bridgehead atoms. The first-order valence-corrected chi connectivity index (χ1v) is 8.21. The van der Waals surface area contributed by atoms with E-state index >= 15 is 0 Å². The molecule has 9 nitrogen and oxygen atoms in total. The number of rotatable bonds is 7. The lowest BCUT2D eigenvalue weighted by molar-refractivity contribution is -0.118. The Bertz CT molecular complexity index is 1030. The van der Waals surface area contributed by atoms with E-state index in [0.717, 1.165) is 0 Å². The van der Waals surface area contributed by atoms with Gasteiger partial charge in [0.05, 0.1) is 19.8 Å². The molecule has 0 saturated heterocycles. The van der Waals surface area contributed by atoms with Gasteiger partial charge in [0.1, 0.15) is 11.8 Å². The molecular formula is C19H17N5O4. The summed E-state index contributed by atoms with van der Waals surface area (Å²) in [6.07, 6.45) is 0. The second-order valence-electron chi connectivity index (χ2n) is 5.52. The van der Waals surface area contributed by atoms with Crippen LogP contribution < -0.4 is 19.5 Å². The highest BCUT2D eigenvalue weighted by Crippen LogP contribution is 2.31. The Labute approximate surface area is 160 Å². The van der Waals surface area contributed by atoms with E-state index in [4.69, 9.17) is 19.5 Å². The van der Waals surface area contributed by atoms with Gasteiger partial charge >= 0.3 is 0 Å². The molecule has 28 heavy (non-hydrogen) atoms. The third kappa shape index (κ3) is 4.19. The van der Waals surface area contributed by atoms with Crippen LogP contribution >= 0.6 is 0 Å². The molecule has 0 aliphatic carbocycles. The number of anilines is 1. The van der Waals surface area contributed by atoms with Crippen molar-refractivity contribution in [1.29, 1.82) is 5.26 Å². The van der Waals surface area contributed by atoms with E-state index in [-0.39, 0.29) is 12.6 Å². The molecule has 1 heterocycles. The first kappa shape index (κ1) is 18.7. The highest BCUT2D eigenvalue weighted by atomic mass is 16.5. The van der Waals surface area contributed by atoms with Gasteiger partial charge < -0.3 is 14.2 Å². The lowest BCUT2D eigenvalue weighted by Gasteiger charge is -2.08. The average molecular weight is 379 g/mol. The maximum Gasteiger partial charge on any atom is 0.264 e. The van der Waals surface area contributed by atoms with Crippen LogP contribution in [0.4, 0.5) is 5.95 Å². The normalized spacial score (nSPS) is 10.0. The van der Waals surface area contributed by atoms with E-state index < -0.39 is 5.91 Å². The lowest BCUT2D eigenvalue weighted by atomic mass is 10.2. The van der Waals surface area contributed by atoms with Gasteiger partial charge in [-0.25, -0.2) is 0 Å². The number of nitriles is 1. The predicted octanol–water partition coefficient (Wildman–Crippen LogP) is 2.38. The van der Waals surface area contributed by atoms with Crippen molar-refractivity contribution >= 4 is 11.9 Å². The van der Waals surface area contributed by atoms with Crippen LogP contribution in [0.15, 0.2) is 42.5 Å². The van der Waals surface area contributed by atoms with Crippen LogP contribution in [-0.4, -0.2) is 41.9 Å². The molecule has 1 aromatic heterocycles. The molecule has 0 saturated carbocycles. The number of aromatic amines is 1. The van der Waals surface area contributed by atoms with Gasteiger partial charge in [0.15, 0.2) is 23.9 Å². The van der Waals surface area contributed by atoms with Crippen LogP contribution in [0.5, 0.6) is 17.2 Å². The number of aromatic nitrogens is 3. The van der Waals surface area contributed by atoms with Gasteiger partial charge in [0.25, 0.3) is 5.91 Å². The van der Waals surface area contributed by atoms with Crippen molar-refractivity contribution in [2.75, 3.05) is 26.1 Å². The molecule has 2 N–H and O–H groups in total. The molecule has 3 aromatic rings. The molecule has 0 spiro atoms. The number of carbonyl (C=O) groups is 1. The smallest absolute Gasteiger partial charge is 0.264 e. The molecule has 0 unspecified atom stereocenters. The van der Waals surface area contributed by atoms with Crippen LogP contribution in [0.25, 0.3) is 11.4 Å². The van der Waals surface area contributed by atoms with Crippen molar-refractivity contribution in [3.05, 3.63) is 48.0 Å². The molecule has 9 heteroatoms. The number of methoxy groups -OCH3 is 2. The second kappa shape index (κ2) is 8.55. The minimum absolute atomic E-state index is 0.104. The van der Waals surface area contributed by atoms with Gasteiger partial charge in [-0.15, -0.1) is 5.10 Å². The van der Waals surface area contributed by atoms with E-state index in [9.17, 15) is 4.79 Å². The molecule has 0 atom stereocenters. The fourth-order valence-electron chi connectivity index (χ4n) is 2.42. The van der Waals surface area contributed by atoms with Gasteiger partial charge in [-0.3, -0.25) is 15.2 Å². The largest absolute Gasteiger partial charge is 0.493 e. The summed E-state index contributed by atoms with van der Waals surface area (Å²) in [4.78, 5) is 16.3. The number of H-pyrrole nitrogens is 1. The fraction of sp³-hybridized carbons (Fsp3) is 0.158. The molecule has 0 radical (unpaired) electrons. The zero-order valence-corrected chi connectivity index (χ0v) is 15.2. The van der Waals surface area contributed by atoms with Crippen LogP contribution in [-0.2, 0) is 4.79 Å². The number of nitrogens with one attached hydrogen (secondary N) is 2. The molecule has 2 aromatic carbocycles. The highest BCUT2D eigenvalue weighted by Gasteiger charge is 2.12. The van der Waals surface area contributed by atoms with Crippen LogP contribution in [0.2, 0.25) is 0 Å². The van der Waals surface area contributed by atoms with Crippen molar-refractivity contribution in [3.63, 3.8) is 0 Å². The molecule has 0 aliphatic heterocycles. The zero-order chi connectivity index (χ0) is 19.9. The van der Waals surface area contributed by atoms with Gasteiger partial charge in [0, 0.05) is 5.56 Å². The fourth-order valence-corrected chi connectivity index (χ4v) is 2.42. The summed E-state index contributed by atoms with van der Waals surface area (Å²) in [7, 11) is 3.09. The van der Waals surface area contributed by atoms with Crippen LogP contribution in [0.3, 0.4) is 0 Å². The minimum Gasteiger partial charge on any atom is -0.493 e. The second-order valence-corrected chi connectivity index (χ2v) is 5.52. The SMILES string of the molecule is COc1ccc(-c2nc(NC(=O)COc3ccccc3C#N)n[nH]2)cc1OC. The number of amides is 1. The minimum atomic E-state index is -0.453. The third-order valence-electron chi connectivity index (χ3n) is 3.76. The van der Waals surface area contributed by atoms with Crippen molar-refractivity contribution < 1.29 is 19.0 Å². The summed E-state index contributed by atoms with van der Waals surface area (Å²) in [5.74, 6) is 1.58. The lowest BCUT2D eigenvalue weighted by Crippen LogP contribution is -2.21. The quantitative estimate of drug-likeness (QED) is 0.646. The maximum absolute atomic E-state index is 12.1. The Kier molecular flexibility index (Phi) is 5.72. The van der Waals surface area contributed by atoms with Crippen LogP contribution in [0, 0.1) is 11.3 Å². The van der Waals surface area contributed by atoms with E-state index in [1.807, 2.05) is 6.07 Å². The molecule has 0 fully saturated rings. The molecule has 142 valence electrons. The maximum atomic E-state index is 12.1. The van der Waals surface area contributed by atoms with Crippen molar-refractivity contribution in [1.82, 2.24) is 15.2 Å². The number of para-hydroxylation sites is 1. The van der Waals surface area contributed by atoms with Crippen LogP contribution in [0.1, 0.15) is 5.56 Å². The summed E-state index contributed by atoms with van der Waals surface area (Å²) in [6, 6.07) is 13.9. The first-order chi connectivity index (χ1) is 13.6. The van der Waals surface area contributed by atoms with Crippen molar-refractivity contribution in [2.24, 2.45) is 0 Å². The molecular weight excluding hydrogens is 362 g/mol. The summed E-state index contributed by atoms with van der Waals surface area (Å²) < 4.78 is 15.8. The summed E-state index contributed by atoms with van der Waals surface area (Å²) >= 11 is 0. The third-order valence-corrected chi connectivity index (χ3v) is 3.76. The first-order valence-electron chi connectivity index (χ1n) is 8.21. The number of nitrogens with zero attached hydrogens (tertiary/aromatic N) is 3. The van der Waals surface area contributed by atoms with Crippen molar-refractivity contribution in [3.8, 4) is 34.7 Å². The van der Waals surface area contributed by atoms with Gasteiger partial charge in [-0.1, -0.05) is 12.1 Å². The topological polar surface area (TPSA) is 122 Å². The Morgan fingerprint density at radius 2 is 1.93 bits per heavy atom. The van der Waals surface area contributed by atoms with E-state index in [1.165, 1.54) is 7.11 Å². The predicted molar refractivity (Wildman–Crippen MR) is 100 cm³/mol. The van der Waals surface area contributed by atoms with E-state index in [2.05, 4.69) is 20.5 Å².